The fourth-order valence-corrected chi connectivity index (χ4v) is 4.54. The molecule has 3 aliphatic heterocycles. The Kier molecular flexibility index (Phi) is 6.01. The van der Waals surface area contributed by atoms with Crippen molar-refractivity contribution >= 4 is 0 Å². The smallest absolute Gasteiger partial charge is 0.0706 e. The maximum Gasteiger partial charge on any atom is 0.0706 e. The summed E-state index contributed by atoms with van der Waals surface area (Å²) in [6.07, 6.45) is 5.14. The summed E-state index contributed by atoms with van der Waals surface area (Å²) >= 11 is 0. The van der Waals surface area contributed by atoms with Crippen LogP contribution in [0.4, 0.5) is 0 Å². The first kappa shape index (κ1) is 18.4. The molecule has 0 radical (unpaired) electrons. The van der Waals surface area contributed by atoms with E-state index in [1.165, 1.54) is 24.8 Å². The molecule has 0 unspecified atom stereocenters. The molecule has 1 aromatic carbocycles. The SMILES string of the molecule is CN1CN(Cc2ccccc2)CC2=C1CCN(CC#CN1CCCCC1)C2. The summed E-state index contributed by atoms with van der Waals surface area (Å²) in [7, 11) is 2.25. The molecule has 0 N–H and O–H groups in total. The zero-order chi connectivity index (χ0) is 18.5. The maximum atomic E-state index is 3.43. The molecule has 3 aliphatic rings. The van der Waals surface area contributed by atoms with Gasteiger partial charge in [-0.2, -0.15) is 0 Å². The van der Waals surface area contributed by atoms with Crippen molar-refractivity contribution in [3.63, 3.8) is 0 Å². The van der Waals surface area contributed by atoms with E-state index in [0.717, 1.165) is 58.9 Å². The Morgan fingerprint density at radius 3 is 2.52 bits per heavy atom. The summed E-state index contributed by atoms with van der Waals surface area (Å²) in [5, 5.41) is 0. The molecule has 0 atom stereocenters. The van der Waals surface area contributed by atoms with E-state index in [-0.39, 0.29) is 0 Å². The van der Waals surface area contributed by atoms with Crippen LogP contribution in [0.15, 0.2) is 41.6 Å². The van der Waals surface area contributed by atoms with Crippen LogP contribution in [0.5, 0.6) is 0 Å². The second-order valence-electron chi connectivity index (χ2n) is 8.16. The van der Waals surface area contributed by atoms with Gasteiger partial charge in [0.15, 0.2) is 0 Å². The fraction of sp³-hybridized carbons (Fsp3) is 0.565. The van der Waals surface area contributed by atoms with Crippen LogP contribution in [0.25, 0.3) is 0 Å². The van der Waals surface area contributed by atoms with Gasteiger partial charge in [-0.15, -0.1) is 0 Å². The second-order valence-corrected chi connectivity index (χ2v) is 8.16. The Bertz CT molecular complexity index is 709. The lowest BCUT2D eigenvalue weighted by Gasteiger charge is -2.42. The third kappa shape index (κ3) is 4.86. The summed E-state index contributed by atoms with van der Waals surface area (Å²) in [6, 6.07) is 14.2. The highest BCUT2D eigenvalue weighted by atomic mass is 15.3. The Balaban J connectivity index is 1.34. The molecule has 3 heterocycles. The molecule has 0 amide bonds. The monoisotopic (exact) mass is 364 g/mol. The first-order valence-corrected chi connectivity index (χ1v) is 10.4. The third-order valence-electron chi connectivity index (χ3n) is 5.92. The van der Waals surface area contributed by atoms with E-state index in [2.05, 4.69) is 68.9 Å². The molecule has 144 valence electrons. The van der Waals surface area contributed by atoms with Gasteiger partial charge in [-0.1, -0.05) is 36.3 Å². The summed E-state index contributed by atoms with van der Waals surface area (Å²) in [5.41, 5.74) is 4.56. The van der Waals surface area contributed by atoms with Crippen LogP contribution in [-0.2, 0) is 6.54 Å². The molecule has 4 heteroatoms. The molecular formula is C23H32N4. The maximum absolute atomic E-state index is 3.43. The Morgan fingerprint density at radius 1 is 0.926 bits per heavy atom. The zero-order valence-corrected chi connectivity index (χ0v) is 16.7. The molecule has 0 aliphatic carbocycles. The van der Waals surface area contributed by atoms with Crippen molar-refractivity contribution in [1.82, 2.24) is 19.6 Å². The molecule has 1 aromatic rings. The Hall–Kier alpha value is -1.96. The lowest BCUT2D eigenvalue weighted by molar-refractivity contribution is 0.137. The van der Waals surface area contributed by atoms with E-state index < -0.39 is 0 Å². The Labute approximate surface area is 164 Å². The number of hydrogen-bond donors (Lipinski definition) is 0. The van der Waals surface area contributed by atoms with Crippen LogP contribution < -0.4 is 0 Å². The first-order valence-electron chi connectivity index (χ1n) is 10.4. The highest BCUT2D eigenvalue weighted by Crippen LogP contribution is 2.26. The molecule has 4 nitrogen and oxygen atoms in total. The van der Waals surface area contributed by atoms with Gasteiger partial charge < -0.3 is 9.80 Å². The van der Waals surface area contributed by atoms with Gasteiger partial charge in [-0.3, -0.25) is 9.80 Å². The third-order valence-corrected chi connectivity index (χ3v) is 5.92. The topological polar surface area (TPSA) is 13.0 Å². The predicted molar refractivity (Wildman–Crippen MR) is 111 cm³/mol. The normalized spacial score (nSPS) is 21.7. The average molecular weight is 365 g/mol. The molecule has 4 rings (SSSR count). The van der Waals surface area contributed by atoms with Crippen molar-refractivity contribution in [3.8, 4) is 12.0 Å². The molecule has 1 fully saturated rings. The number of nitrogens with zero attached hydrogens (tertiary/aromatic N) is 4. The van der Waals surface area contributed by atoms with Gasteiger partial charge in [0.25, 0.3) is 0 Å². The van der Waals surface area contributed by atoms with Crippen molar-refractivity contribution in [3.05, 3.63) is 47.2 Å². The number of likely N-dealkylation sites (tertiary alicyclic amines) is 1. The lowest BCUT2D eigenvalue weighted by Crippen LogP contribution is -2.47. The minimum absolute atomic E-state index is 0.898. The largest absolute Gasteiger partial charge is 0.365 e. The minimum Gasteiger partial charge on any atom is -0.365 e. The first-order chi connectivity index (χ1) is 13.3. The van der Waals surface area contributed by atoms with Crippen molar-refractivity contribution < 1.29 is 0 Å². The van der Waals surface area contributed by atoms with Gasteiger partial charge in [0, 0.05) is 64.5 Å². The van der Waals surface area contributed by atoms with Gasteiger partial charge in [0.2, 0.25) is 0 Å². The van der Waals surface area contributed by atoms with Crippen LogP contribution in [0.3, 0.4) is 0 Å². The van der Waals surface area contributed by atoms with Gasteiger partial charge in [-0.25, -0.2) is 0 Å². The molecule has 27 heavy (non-hydrogen) atoms. The van der Waals surface area contributed by atoms with Gasteiger partial charge >= 0.3 is 0 Å². The number of benzene rings is 1. The molecule has 0 bridgehead atoms. The molecule has 0 saturated carbocycles. The second kappa shape index (κ2) is 8.82. The van der Waals surface area contributed by atoms with Crippen molar-refractivity contribution in [2.75, 3.05) is 53.0 Å². The molecule has 1 saturated heterocycles. The number of piperidine rings is 1. The van der Waals surface area contributed by atoms with E-state index in [9.17, 15) is 0 Å². The standard InChI is InChI=1S/C23H32N4/c1-24-20-27(17-21-9-4-2-5-10-21)19-22-18-26(16-11-23(22)24)15-8-14-25-12-6-3-7-13-25/h2,4-5,9-10H,3,6-7,11-13,15-20H2,1H3. The van der Waals surface area contributed by atoms with Crippen LogP contribution in [-0.4, -0.2) is 72.6 Å². The van der Waals surface area contributed by atoms with Crippen LogP contribution in [0.1, 0.15) is 31.2 Å². The number of rotatable bonds is 3. The van der Waals surface area contributed by atoms with E-state index in [1.807, 2.05) is 0 Å². The van der Waals surface area contributed by atoms with E-state index in [0.29, 0.717) is 0 Å². The fourth-order valence-electron chi connectivity index (χ4n) is 4.54. The van der Waals surface area contributed by atoms with Gasteiger partial charge in [0.05, 0.1) is 13.2 Å². The quantitative estimate of drug-likeness (QED) is 0.765. The van der Waals surface area contributed by atoms with Crippen molar-refractivity contribution in [2.45, 2.75) is 32.2 Å². The zero-order valence-electron chi connectivity index (χ0n) is 16.7. The summed E-state index contributed by atoms with van der Waals surface area (Å²) in [4.78, 5) is 9.85. The van der Waals surface area contributed by atoms with Crippen LogP contribution in [0.2, 0.25) is 0 Å². The lowest BCUT2D eigenvalue weighted by atomic mass is 10.0. The summed E-state index contributed by atoms with van der Waals surface area (Å²) in [5.74, 6) is 3.43. The minimum atomic E-state index is 0.898. The highest BCUT2D eigenvalue weighted by molar-refractivity contribution is 5.24. The highest BCUT2D eigenvalue weighted by Gasteiger charge is 2.27. The molecule has 0 aromatic heterocycles. The van der Waals surface area contributed by atoms with Crippen LogP contribution in [0, 0.1) is 12.0 Å². The van der Waals surface area contributed by atoms with Crippen LogP contribution >= 0.6 is 0 Å². The molecular weight excluding hydrogens is 332 g/mol. The van der Waals surface area contributed by atoms with Gasteiger partial charge in [-0.05, 0) is 30.4 Å². The van der Waals surface area contributed by atoms with E-state index in [1.54, 1.807) is 11.3 Å². The summed E-state index contributed by atoms with van der Waals surface area (Å²) in [6.45, 7) is 8.55. The Morgan fingerprint density at radius 2 is 1.70 bits per heavy atom. The van der Waals surface area contributed by atoms with E-state index in [4.69, 9.17) is 0 Å². The summed E-state index contributed by atoms with van der Waals surface area (Å²) < 4.78 is 0. The predicted octanol–water partition coefficient (Wildman–Crippen LogP) is 2.80. The molecule has 0 spiro atoms. The van der Waals surface area contributed by atoms with Gasteiger partial charge in [0.1, 0.15) is 0 Å². The average Bonchev–Trinajstić information content (AvgIpc) is 2.69. The number of hydrogen-bond acceptors (Lipinski definition) is 4. The van der Waals surface area contributed by atoms with E-state index >= 15 is 0 Å². The van der Waals surface area contributed by atoms with Crippen molar-refractivity contribution in [2.24, 2.45) is 0 Å². The van der Waals surface area contributed by atoms with Crippen molar-refractivity contribution in [1.29, 1.82) is 0 Å².